The Hall–Kier alpha value is -0.330. The van der Waals surface area contributed by atoms with E-state index >= 15 is 0 Å². The zero-order valence-electron chi connectivity index (χ0n) is 7.95. The number of pyridine rings is 1. The molecule has 0 spiro atoms. The van der Waals surface area contributed by atoms with E-state index in [1.54, 1.807) is 12.3 Å². The first-order valence-corrected chi connectivity index (χ1v) is 6.65. The Labute approximate surface area is 120 Å². The second-order valence-electron chi connectivity index (χ2n) is 2.97. The van der Waals surface area contributed by atoms with Crippen LogP contribution >= 0.6 is 50.1 Å². The largest absolute Gasteiger partial charge is 0.437 e. The minimum Gasteiger partial charge on any atom is -0.437 e. The van der Waals surface area contributed by atoms with Gasteiger partial charge in [0.15, 0.2) is 0 Å². The summed E-state index contributed by atoms with van der Waals surface area (Å²) in [5, 5.41) is 0.571. The normalized spacial score (nSPS) is 10.2. The highest BCUT2D eigenvalue weighted by atomic mass is 127. The molecule has 2 rings (SSSR count). The third-order valence-corrected chi connectivity index (χ3v) is 3.48. The van der Waals surface area contributed by atoms with E-state index in [0.29, 0.717) is 10.9 Å². The van der Waals surface area contributed by atoms with Gasteiger partial charge in [0, 0.05) is 6.20 Å². The van der Waals surface area contributed by atoms with Gasteiger partial charge in [-0.25, -0.2) is 4.98 Å². The van der Waals surface area contributed by atoms with Crippen molar-refractivity contribution >= 4 is 50.1 Å². The van der Waals surface area contributed by atoms with Crippen LogP contribution in [-0.2, 0) is 0 Å². The van der Waals surface area contributed by atoms with Crippen molar-refractivity contribution in [2.75, 3.05) is 0 Å². The molecule has 2 aromatic rings. The second-order valence-corrected chi connectivity index (χ2v) is 5.43. The second kappa shape index (κ2) is 5.33. The number of hydrogen-bond acceptors (Lipinski definition) is 2. The quantitative estimate of drug-likeness (QED) is 0.658. The first-order chi connectivity index (χ1) is 7.66. The van der Waals surface area contributed by atoms with E-state index in [1.165, 1.54) is 0 Å². The molecule has 0 bridgehead atoms. The van der Waals surface area contributed by atoms with Crippen LogP contribution in [0.15, 0.2) is 41.0 Å². The van der Waals surface area contributed by atoms with Crippen molar-refractivity contribution in [3.63, 3.8) is 0 Å². The van der Waals surface area contributed by atoms with Crippen LogP contribution in [0.4, 0.5) is 0 Å². The van der Waals surface area contributed by atoms with Crippen LogP contribution in [0, 0.1) is 3.57 Å². The van der Waals surface area contributed by atoms with Gasteiger partial charge in [-0.1, -0.05) is 23.7 Å². The molecule has 0 unspecified atom stereocenters. The molecule has 5 heteroatoms. The Morgan fingerprint density at radius 3 is 2.75 bits per heavy atom. The standard InChI is InChI=1S/C11H6BrClINO/c12-8-5-7(13)6-15-11(8)16-10-4-2-1-3-9(10)14/h1-6H. The molecular weight excluding hydrogens is 404 g/mol. The summed E-state index contributed by atoms with van der Waals surface area (Å²) in [5.41, 5.74) is 0. The van der Waals surface area contributed by atoms with Crippen molar-refractivity contribution in [3.8, 4) is 11.6 Å². The average molecular weight is 410 g/mol. The van der Waals surface area contributed by atoms with Crippen molar-refractivity contribution in [2.24, 2.45) is 0 Å². The van der Waals surface area contributed by atoms with Gasteiger partial charge in [0.2, 0.25) is 5.88 Å². The van der Waals surface area contributed by atoms with E-state index in [0.717, 1.165) is 13.8 Å². The van der Waals surface area contributed by atoms with E-state index in [-0.39, 0.29) is 0 Å². The van der Waals surface area contributed by atoms with Gasteiger partial charge in [-0.2, -0.15) is 0 Å². The molecule has 0 saturated heterocycles. The molecule has 2 nitrogen and oxygen atoms in total. The van der Waals surface area contributed by atoms with Gasteiger partial charge in [0.05, 0.1) is 13.1 Å². The summed E-state index contributed by atoms with van der Waals surface area (Å²) in [7, 11) is 0. The third kappa shape index (κ3) is 2.87. The van der Waals surface area contributed by atoms with Gasteiger partial charge in [0.25, 0.3) is 0 Å². The van der Waals surface area contributed by atoms with Crippen LogP contribution in [0.2, 0.25) is 5.02 Å². The summed E-state index contributed by atoms with van der Waals surface area (Å²) < 4.78 is 7.44. The minimum atomic E-state index is 0.508. The van der Waals surface area contributed by atoms with Crippen molar-refractivity contribution in [1.29, 1.82) is 0 Å². The highest BCUT2D eigenvalue weighted by Crippen LogP contribution is 2.31. The van der Waals surface area contributed by atoms with Crippen LogP contribution in [-0.4, -0.2) is 4.98 Å². The number of rotatable bonds is 2. The number of para-hydroxylation sites is 1. The molecule has 0 fully saturated rings. The van der Waals surface area contributed by atoms with Crippen LogP contribution < -0.4 is 4.74 Å². The van der Waals surface area contributed by atoms with Crippen molar-refractivity contribution in [1.82, 2.24) is 4.98 Å². The van der Waals surface area contributed by atoms with E-state index in [2.05, 4.69) is 43.5 Å². The molecule has 0 amide bonds. The van der Waals surface area contributed by atoms with E-state index < -0.39 is 0 Å². The van der Waals surface area contributed by atoms with Crippen LogP contribution in [0.25, 0.3) is 0 Å². The maximum atomic E-state index is 5.80. The van der Waals surface area contributed by atoms with Gasteiger partial charge in [-0.05, 0) is 56.7 Å². The third-order valence-electron chi connectivity index (χ3n) is 1.82. The molecule has 1 aromatic heterocycles. The van der Waals surface area contributed by atoms with E-state index in [1.807, 2.05) is 24.3 Å². The highest BCUT2D eigenvalue weighted by molar-refractivity contribution is 14.1. The molecule has 0 aliphatic heterocycles. The number of benzene rings is 1. The predicted octanol–water partition coefficient (Wildman–Crippen LogP) is 4.89. The zero-order chi connectivity index (χ0) is 11.5. The lowest BCUT2D eigenvalue weighted by atomic mass is 10.3. The fraction of sp³-hybridized carbons (Fsp3) is 0. The van der Waals surface area contributed by atoms with E-state index in [4.69, 9.17) is 16.3 Å². The fourth-order valence-electron chi connectivity index (χ4n) is 1.11. The summed E-state index contributed by atoms with van der Waals surface area (Å²) in [6, 6.07) is 9.49. The summed E-state index contributed by atoms with van der Waals surface area (Å²) in [5.74, 6) is 1.28. The van der Waals surface area contributed by atoms with Gasteiger partial charge in [-0.3, -0.25) is 0 Å². The Morgan fingerprint density at radius 1 is 1.31 bits per heavy atom. The molecule has 0 aliphatic carbocycles. The van der Waals surface area contributed by atoms with Crippen molar-refractivity contribution in [2.45, 2.75) is 0 Å². The van der Waals surface area contributed by atoms with Gasteiger partial charge in [-0.15, -0.1) is 0 Å². The fourth-order valence-corrected chi connectivity index (χ4v) is 2.33. The number of nitrogens with zero attached hydrogens (tertiary/aromatic N) is 1. The van der Waals surface area contributed by atoms with Crippen molar-refractivity contribution in [3.05, 3.63) is 49.6 Å². The monoisotopic (exact) mass is 409 g/mol. The summed E-state index contributed by atoms with van der Waals surface area (Å²) >= 11 is 11.4. The van der Waals surface area contributed by atoms with Gasteiger partial charge < -0.3 is 4.74 Å². The lowest BCUT2D eigenvalue weighted by Crippen LogP contribution is -1.90. The van der Waals surface area contributed by atoms with Crippen LogP contribution in [0.3, 0.4) is 0 Å². The number of hydrogen-bond donors (Lipinski definition) is 0. The zero-order valence-corrected chi connectivity index (χ0v) is 12.5. The summed E-state index contributed by atoms with van der Waals surface area (Å²) in [6.45, 7) is 0. The number of halogens is 3. The lowest BCUT2D eigenvalue weighted by molar-refractivity contribution is 0.456. The maximum Gasteiger partial charge on any atom is 0.233 e. The molecule has 0 atom stereocenters. The first kappa shape index (κ1) is 12.1. The summed E-state index contributed by atoms with van der Waals surface area (Å²) in [6.07, 6.45) is 1.55. The Balaban J connectivity index is 2.31. The smallest absolute Gasteiger partial charge is 0.233 e. The lowest BCUT2D eigenvalue weighted by Gasteiger charge is -2.07. The Morgan fingerprint density at radius 2 is 2.06 bits per heavy atom. The van der Waals surface area contributed by atoms with Gasteiger partial charge in [0.1, 0.15) is 5.75 Å². The minimum absolute atomic E-state index is 0.508. The molecule has 1 heterocycles. The molecule has 0 N–H and O–H groups in total. The van der Waals surface area contributed by atoms with Crippen LogP contribution in [0.5, 0.6) is 11.6 Å². The number of aromatic nitrogens is 1. The number of ether oxygens (including phenoxy) is 1. The molecular formula is C11H6BrClINO. The molecule has 16 heavy (non-hydrogen) atoms. The van der Waals surface area contributed by atoms with Crippen LogP contribution in [0.1, 0.15) is 0 Å². The SMILES string of the molecule is Clc1cnc(Oc2ccccc2I)c(Br)c1. The first-order valence-electron chi connectivity index (χ1n) is 4.40. The molecule has 0 radical (unpaired) electrons. The van der Waals surface area contributed by atoms with E-state index in [9.17, 15) is 0 Å². The molecule has 0 saturated carbocycles. The average Bonchev–Trinajstić information content (AvgIpc) is 2.25. The maximum absolute atomic E-state index is 5.80. The molecule has 0 aliphatic rings. The Kier molecular flexibility index (Phi) is 4.05. The Bertz CT molecular complexity index is 521. The topological polar surface area (TPSA) is 22.1 Å². The van der Waals surface area contributed by atoms with Gasteiger partial charge >= 0.3 is 0 Å². The molecule has 1 aromatic carbocycles. The molecule has 82 valence electrons. The predicted molar refractivity (Wildman–Crippen MR) is 76.2 cm³/mol. The van der Waals surface area contributed by atoms with Crippen molar-refractivity contribution < 1.29 is 4.74 Å². The summed E-state index contributed by atoms with van der Waals surface area (Å²) in [4.78, 5) is 4.11. The highest BCUT2D eigenvalue weighted by Gasteiger charge is 2.07.